The quantitative estimate of drug-likeness (QED) is 0.731. The average molecular weight is 455 g/mol. The van der Waals surface area contributed by atoms with Crippen LogP contribution in [0.25, 0.3) is 0 Å². The second kappa shape index (κ2) is 8.26. The Hall–Kier alpha value is -3.27. The van der Waals surface area contributed by atoms with Crippen molar-refractivity contribution < 1.29 is 23.5 Å². The molecule has 33 heavy (non-hydrogen) atoms. The van der Waals surface area contributed by atoms with Gasteiger partial charge in [-0.15, -0.1) is 0 Å². The van der Waals surface area contributed by atoms with Crippen LogP contribution in [0.5, 0.6) is 0 Å². The summed E-state index contributed by atoms with van der Waals surface area (Å²) in [5, 5.41) is 2.90. The smallest absolute Gasteiger partial charge is 0.275 e. The Kier molecular flexibility index (Phi) is 5.40. The molecule has 2 aromatic rings. The number of morpholine rings is 1. The van der Waals surface area contributed by atoms with Gasteiger partial charge >= 0.3 is 0 Å². The first-order chi connectivity index (χ1) is 15.9. The molecule has 3 heterocycles. The van der Waals surface area contributed by atoms with Gasteiger partial charge in [0.25, 0.3) is 11.8 Å². The van der Waals surface area contributed by atoms with Gasteiger partial charge < -0.3 is 24.4 Å². The summed E-state index contributed by atoms with van der Waals surface area (Å²) in [7, 11) is 0. The molecule has 1 aliphatic carbocycles. The van der Waals surface area contributed by atoms with Crippen LogP contribution in [0.15, 0.2) is 30.6 Å². The monoisotopic (exact) mass is 455 g/mol. The van der Waals surface area contributed by atoms with E-state index >= 15 is 0 Å². The zero-order valence-electron chi connectivity index (χ0n) is 18.4. The summed E-state index contributed by atoms with van der Waals surface area (Å²) in [5.74, 6) is -1.28. The van der Waals surface area contributed by atoms with Gasteiger partial charge in [-0.1, -0.05) is 12.1 Å². The number of carbonyl (C=O) groups is 3. The Labute approximate surface area is 190 Å². The first kappa shape index (κ1) is 21.6. The van der Waals surface area contributed by atoms with E-state index in [1.54, 1.807) is 33.4 Å². The molecule has 10 heteroatoms. The standard InChI is InChI=1S/C23H26FN5O4/c1-23(22(32)25-12-15-2-4-16(24)5-3-15)13-28-14-26-18(20(30)27-8-10-33-11-9-27)19(28)21(31)29(23)17-6-7-17/h2-5,14,17H,6-13H2,1H3,(H,25,32)/t23-/m1/s1. The lowest BCUT2D eigenvalue weighted by Gasteiger charge is -2.44. The molecule has 1 saturated carbocycles. The number of benzene rings is 1. The highest BCUT2D eigenvalue weighted by Crippen LogP contribution is 2.39. The highest BCUT2D eigenvalue weighted by Gasteiger charge is 2.53. The van der Waals surface area contributed by atoms with Gasteiger partial charge in [-0.25, -0.2) is 9.37 Å². The number of fused-ring (bicyclic) bond motifs is 1. The molecule has 3 amide bonds. The topological polar surface area (TPSA) is 96.8 Å². The van der Waals surface area contributed by atoms with Gasteiger partial charge in [0.15, 0.2) is 5.69 Å². The van der Waals surface area contributed by atoms with E-state index in [0.717, 1.165) is 18.4 Å². The number of rotatable bonds is 5. The van der Waals surface area contributed by atoms with Crippen LogP contribution < -0.4 is 5.32 Å². The van der Waals surface area contributed by atoms with E-state index in [4.69, 9.17) is 4.74 Å². The fraction of sp³-hybridized carbons (Fsp3) is 0.478. The number of nitrogens with zero attached hydrogens (tertiary/aromatic N) is 4. The molecule has 0 radical (unpaired) electrons. The predicted molar refractivity (Wildman–Crippen MR) is 115 cm³/mol. The molecule has 1 aromatic heterocycles. The second-order valence-corrected chi connectivity index (χ2v) is 8.96. The van der Waals surface area contributed by atoms with Gasteiger partial charge in [0, 0.05) is 25.7 Å². The maximum atomic E-state index is 13.6. The summed E-state index contributed by atoms with van der Waals surface area (Å²) in [6.45, 7) is 3.98. The van der Waals surface area contributed by atoms with E-state index in [1.165, 1.54) is 18.5 Å². The van der Waals surface area contributed by atoms with E-state index in [0.29, 0.717) is 26.3 Å². The summed E-state index contributed by atoms with van der Waals surface area (Å²) in [6.07, 6.45) is 3.09. The Morgan fingerprint density at radius 3 is 2.58 bits per heavy atom. The molecule has 174 valence electrons. The number of ether oxygens (including phenoxy) is 1. The largest absolute Gasteiger partial charge is 0.378 e. The maximum Gasteiger partial charge on any atom is 0.275 e. The van der Waals surface area contributed by atoms with Crippen LogP contribution in [-0.2, 0) is 22.6 Å². The molecule has 0 bridgehead atoms. The van der Waals surface area contributed by atoms with Crippen LogP contribution in [0.4, 0.5) is 4.39 Å². The third-order valence-electron chi connectivity index (χ3n) is 6.54. The molecule has 9 nitrogen and oxygen atoms in total. The van der Waals surface area contributed by atoms with Crippen LogP contribution >= 0.6 is 0 Å². The zero-order chi connectivity index (χ0) is 23.2. The summed E-state index contributed by atoms with van der Waals surface area (Å²) >= 11 is 0. The molecule has 1 aromatic carbocycles. The van der Waals surface area contributed by atoms with Crippen LogP contribution in [0.1, 0.15) is 46.3 Å². The molecule has 1 atom stereocenters. The SMILES string of the molecule is C[C@]1(C(=O)NCc2ccc(F)cc2)Cn2cnc(C(=O)N3CCOCC3)c2C(=O)N1C1CC1. The first-order valence-electron chi connectivity index (χ1n) is 11.2. The van der Waals surface area contributed by atoms with Crippen molar-refractivity contribution in [3.8, 4) is 0 Å². The summed E-state index contributed by atoms with van der Waals surface area (Å²) in [5.41, 5.74) is -0.00988. The van der Waals surface area contributed by atoms with Gasteiger partial charge in [0.05, 0.1) is 26.1 Å². The normalized spacial score (nSPS) is 22.8. The minimum absolute atomic E-state index is 0.0472. The number of hydrogen-bond acceptors (Lipinski definition) is 5. The number of imidazole rings is 1. The lowest BCUT2D eigenvalue weighted by Crippen LogP contribution is -2.64. The Balaban J connectivity index is 1.40. The van der Waals surface area contributed by atoms with E-state index in [9.17, 15) is 18.8 Å². The van der Waals surface area contributed by atoms with Crippen molar-refractivity contribution in [2.24, 2.45) is 0 Å². The van der Waals surface area contributed by atoms with Gasteiger partial charge in [-0.2, -0.15) is 0 Å². The van der Waals surface area contributed by atoms with Gasteiger partial charge in [0.1, 0.15) is 17.1 Å². The van der Waals surface area contributed by atoms with Gasteiger partial charge in [0.2, 0.25) is 5.91 Å². The number of halogens is 1. The maximum absolute atomic E-state index is 13.6. The minimum atomic E-state index is -1.13. The molecule has 5 rings (SSSR count). The third kappa shape index (κ3) is 3.88. The summed E-state index contributed by atoms with van der Waals surface area (Å²) in [6, 6.07) is 5.86. The fourth-order valence-corrected chi connectivity index (χ4v) is 4.60. The first-order valence-corrected chi connectivity index (χ1v) is 11.2. The van der Waals surface area contributed by atoms with Crippen molar-refractivity contribution in [2.45, 2.75) is 44.4 Å². The highest BCUT2D eigenvalue weighted by atomic mass is 19.1. The minimum Gasteiger partial charge on any atom is -0.378 e. The highest BCUT2D eigenvalue weighted by molar-refractivity contribution is 6.07. The molecule has 2 fully saturated rings. The summed E-state index contributed by atoms with van der Waals surface area (Å²) in [4.78, 5) is 47.6. The second-order valence-electron chi connectivity index (χ2n) is 8.96. The average Bonchev–Trinajstić information content (AvgIpc) is 3.56. The van der Waals surface area contributed by atoms with Crippen molar-refractivity contribution in [2.75, 3.05) is 26.3 Å². The van der Waals surface area contributed by atoms with E-state index in [-0.39, 0.29) is 54.1 Å². The van der Waals surface area contributed by atoms with Crippen LogP contribution in [-0.4, -0.2) is 75.0 Å². The number of hydrogen-bond donors (Lipinski definition) is 1. The molecule has 3 aliphatic rings. The molecular formula is C23H26FN5O4. The Morgan fingerprint density at radius 2 is 1.91 bits per heavy atom. The van der Waals surface area contributed by atoms with Crippen molar-refractivity contribution in [3.63, 3.8) is 0 Å². The summed E-state index contributed by atoms with van der Waals surface area (Å²) < 4.78 is 20.1. The van der Waals surface area contributed by atoms with Gasteiger partial charge in [-0.3, -0.25) is 14.4 Å². The molecule has 1 saturated heterocycles. The molecular weight excluding hydrogens is 429 g/mol. The Morgan fingerprint density at radius 1 is 1.21 bits per heavy atom. The van der Waals surface area contributed by atoms with E-state index < -0.39 is 5.54 Å². The molecule has 1 N–H and O–H groups in total. The van der Waals surface area contributed by atoms with Crippen LogP contribution in [0.2, 0.25) is 0 Å². The predicted octanol–water partition coefficient (Wildman–Crippen LogP) is 1.19. The van der Waals surface area contributed by atoms with E-state index in [1.807, 2.05) is 0 Å². The number of amides is 3. The lowest BCUT2D eigenvalue weighted by molar-refractivity contribution is -0.133. The van der Waals surface area contributed by atoms with Crippen molar-refractivity contribution >= 4 is 17.7 Å². The number of carbonyl (C=O) groups excluding carboxylic acids is 3. The van der Waals surface area contributed by atoms with Crippen LogP contribution in [0, 0.1) is 5.82 Å². The fourth-order valence-electron chi connectivity index (χ4n) is 4.60. The Bertz CT molecular complexity index is 1090. The van der Waals surface area contributed by atoms with Crippen molar-refractivity contribution in [3.05, 3.63) is 53.4 Å². The zero-order valence-corrected chi connectivity index (χ0v) is 18.4. The van der Waals surface area contributed by atoms with Crippen molar-refractivity contribution in [1.82, 2.24) is 24.7 Å². The lowest BCUT2D eigenvalue weighted by atomic mass is 9.93. The number of aromatic nitrogens is 2. The molecule has 0 unspecified atom stereocenters. The molecule has 0 spiro atoms. The molecule has 2 aliphatic heterocycles. The van der Waals surface area contributed by atoms with Gasteiger partial charge in [-0.05, 0) is 37.5 Å². The third-order valence-corrected chi connectivity index (χ3v) is 6.54. The van der Waals surface area contributed by atoms with Crippen LogP contribution in [0.3, 0.4) is 0 Å². The van der Waals surface area contributed by atoms with E-state index in [2.05, 4.69) is 10.3 Å². The number of nitrogens with one attached hydrogen (secondary N) is 1. The van der Waals surface area contributed by atoms with Crippen molar-refractivity contribution in [1.29, 1.82) is 0 Å².